The lowest BCUT2D eigenvalue weighted by molar-refractivity contribution is 0.665. The number of hydrogen-bond donors (Lipinski definition) is 0. The molecular formula is C24H19N7. The predicted octanol–water partition coefficient (Wildman–Crippen LogP) is 4.30. The van der Waals surface area contributed by atoms with Crippen molar-refractivity contribution in [3.8, 4) is 28.8 Å². The third-order valence-corrected chi connectivity index (χ3v) is 5.26. The van der Waals surface area contributed by atoms with Crippen molar-refractivity contribution in [3.05, 3.63) is 84.7 Å². The molecule has 7 heteroatoms. The Morgan fingerprint density at radius 1 is 0.935 bits per heavy atom. The monoisotopic (exact) mass is 405 g/mol. The largest absolute Gasteiger partial charge is 0.327 e. The molecule has 0 radical (unpaired) electrons. The maximum absolute atomic E-state index is 9.21. The van der Waals surface area contributed by atoms with Crippen molar-refractivity contribution in [1.82, 2.24) is 29.1 Å². The number of fused-ring (bicyclic) bond motifs is 1. The molecule has 0 atom stereocenters. The van der Waals surface area contributed by atoms with Gasteiger partial charge in [-0.1, -0.05) is 18.2 Å². The molecule has 5 aromatic rings. The highest BCUT2D eigenvalue weighted by atomic mass is 15.2. The second-order valence-corrected chi connectivity index (χ2v) is 7.12. The van der Waals surface area contributed by atoms with Crippen molar-refractivity contribution in [3.63, 3.8) is 0 Å². The number of aromatic nitrogens is 6. The zero-order valence-corrected chi connectivity index (χ0v) is 17.0. The molecule has 31 heavy (non-hydrogen) atoms. The van der Waals surface area contributed by atoms with Gasteiger partial charge in [-0.05, 0) is 48.4 Å². The van der Waals surface area contributed by atoms with E-state index in [9.17, 15) is 5.26 Å². The topological polar surface area (TPSA) is 85.2 Å². The molecule has 150 valence electrons. The van der Waals surface area contributed by atoms with Gasteiger partial charge in [0.1, 0.15) is 5.82 Å². The first kappa shape index (κ1) is 18.7. The molecule has 3 heterocycles. The summed E-state index contributed by atoms with van der Waals surface area (Å²) in [6, 6.07) is 17.9. The van der Waals surface area contributed by atoms with Gasteiger partial charge in [-0.3, -0.25) is 0 Å². The summed E-state index contributed by atoms with van der Waals surface area (Å²) < 4.78 is 4.22. The minimum absolute atomic E-state index is 0.565. The molecule has 0 N–H and O–H groups in total. The molecule has 2 aromatic carbocycles. The quantitative estimate of drug-likeness (QED) is 0.435. The number of rotatable bonds is 5. The Labute approximate surface area is 179 Å². The first-order valence-corrected chi connectivity index (χ1v) is 10.0. The average Bonchev–Trinajstić information content (AvgIpc) is 3.43. The van der Waals surface area contributed by atoms with Gasteiger partial charge in [0.2, 0.25) is 0 Å². The first-order chi connectivity index (χ1) is 15.3. The fourth-order valence-electron chi connectivity index (χ4n) is 3.80. The standard InChI is InChI=1S/C24H19N7/c1-2-31-21-14-19(18-6-3-5-17(13-18)15-25)7-8-20(21)29-22(31)16-30-12-11-28-24(30)23-26-9-4-10-27-23/h3-14H,2,16H2,1H3. The summed E-state index contributed by atoms with van der Waals surface area (Å²) >= 11 is 0. The van der Waals surface area contributed by atoms with Crippen LogP contribution < -0.4 is 0 Å². The Morgan fingerprint density at radius 2 is 1.77 bits per heavy atom. The lowest BCUT2D eigenvalue weighted by Gasteiger charge is -2.09. The van der Waals surface area contributed by atoms with Gasteiger partial charge in [-0.15, -0.1) is 0 Å². The van der Waals surface area contributed by atoms with Gasteiger partial charge in [0.15, 0.2) is 11.6 Å². The number of nitriles is 1. The molecule has 0 aliphatic heterocycles. The zero-order valence-electron chi connectivity index (χ0n) is 17.0. The SMILES string of the molecule is CCn1c(Cn2ccnc2-c2ncccn2)nc2ccc(-c3cccc(C#N)c3)cc21. The maximum Gasteiger partial charge on any atom is 0.195 e. The van der Waals surface area contributed by atoms with E-state index in [4.69, 9.17) is 4.98 Å². The Bertz CT molecular complexity index is 1410. The minimum Gasteiger partial charge on any atom is -0.327 e. The third-order valence-electron chi connectivity index (χ3n) is 5.26. The van der Waals surface area contributed by atoms with Crippen LogP contribution in [0.25, 0.3) is 33.8 Å². The summed E-state index contributed by atoms with van der Waals surface area (Å²) in [5.41, 5.74) is 4.74. The molecule has 0 fully saturated rings. The number of imidazole rings is 2. The van der Waals surface area contributed by atoms with Gasteiger partial charge in [0.05, 0.1) is 29.2 Å². The maximum atomic E-state index is 9.21. The van der Waals surface area contributed by atoms with E-state index >= 15 is 0 Å². The van der Waals surface area contributed by atoms with E-state index in [1.54, 1.807) is 24.7 Å². The molecule has 0 bridgehead atoms. The van der Waals surface area contributed by atoms with Gasteiger partial charge >= 0.3 is 0 Å². The predicted molar refractivity (Wildman–Crippen MR) is 118 cm³/mol. The fraction of sp³-hybridized carbons (Fsp3) is 0.125. The van der Waals surface area contributed by atoms with Crippen molar-refractivity contribution < 1.29 is 0 Å². The third kappa shape index (κ3) is 3.45. The van der Waals surface area contributed by atoms with Crippen LogP contribution in [0.3, 0.4) is 0 Å². The lowest BCUT2D eigenvalue weighted by Crippen LogP contribution is -2.09. The normalized spacial score (nSPS) is 11.0. The van der Waals surface area contributed by atoms with Crippen LogP contribution in [0, 0.1) is 11.3 Å². The van der Waals surface area contributed by atoms with Crippen molar-refractivity contribution in [2.24, 2.45) is 0 Å². The Hall–Kier alpha value is -4.31. The van der Waals surface area contributed by atoms with Gasteiger partial charge in [0.25, 0.3) is 0 Å². The molecule has 5 rings (SSSR count). The van der Waals surface area contributed by atoms with E-state index in [1.165, 1.54) is 0 Å². The van der Waals surface area contributed by atoms with Crippen LogP contribution in [0.5, 0.6) is 0 Å². The minimum atomic E-state index is 0.565. The summed E-state index contributed by atoms with van der Waals surface area (Å²) in [7, 11) is 0. The summed E-state index contributed by atoms with van der Waals surface area (Å²) in [6.07, 6.45) is 7.10. The van der Waals surface area contributed by atoms with Crippen LogP contribution in [-0.4, -0.2) is 29.1 Å². The van der Waals surface area contributed by atoms with Gasteiger partial charge < -0.3 is 9.13 Å². The molecule has 0 amide bonds. The van der Waals surface area contributed by atoms with Gasteiger partial charge in [-0.25, -0.2) is 19.9 Å². The van der Waals surface area contributed by atoms with Crippen LogP contribution in [0.15, 0.2) is 73.3 Å². The van der Waals surface area contributed by atoms with Crippen LogP contribution >= 0.6 is 0 Å². The van der Waals surface area contributed by atoms with E-state index in [0.29, 0.717) is 23.8 Å². The van der Waals surface area contributed by atoms with E-state index in [0.717, 1.165) is 34.5 Å². The molecule has 0 unspecified atom stereocenters. The van der Waals surface area contributed by atoms with Crippen LogP contribution in [0.1, 0.15) is 18.3 Å². The number of aryl methyl sites for hydroxylation is 1. The Balaban J connectivity index is 1.55. The van der Waals surface area contributed by atoms with Crippen molar-refractivity contribution >= 4 is 11.0 Å². The van der Waals surface area contributed by atoms with Gasteiger partial charge in [-0.2, -0.15) is 5.26 Å². The highest BCUT2D eigenvalue weighted by Gasteiger charge is 2.15. The molecule has 0 saturated carbocycles. The Kier molecular flexibility index (Phi) is 4.73. The van der Waals surface area contributed by atoms with E-state index in [1.807, 2.05) is 41.1 Å². The van der Waals surface area contributed by atoms with Gasteiger partial charge in [0, 0.05) is 31.3 Å². The number of nitrogens with zero attached hydrogens (tertiary/aromatic N) is 7. The molecule has 3 aromatic heterocycles. The lowest BCUT2D eigenvalue weighted by atomic mass is 10.0. The molecule has 7 nitrogen and oxygen atoms in total. The van der Waals surface area contributed by atoms with Crippen molar-refractivity contribution in [2.75, 3.05) is 0 Å². The van der Waals surface area contributed by atoms with E-state index in [2.05, 4.69) is 44.6 Å². The fourth-order valence-corrected chi connectivity index (χ4v) is 3.80. The highest BCUT2D eigenvalue weighted by Crippen LogP contribution is 2.26. The van der Waals surface area contributed by atoms with Crippen molar-refractivity contribution in [1.29, 1.82) is 5.26 Å². The summed E-state index contributed by atoms with van der Waals surface area (Å²) in [5.74, 6) is 2.24. The molecule has 0 aliphatic carbocycles. The number of benzene rings is 2. The van der Waals surface area contributed by atoms with Crippen molar-refractivity contribution in [2.45, 2.75) is 20.0 Å². The highest BCUT2D eigenvalue weighted by molar-refractivity contribution is 5.83. The summed E-state index contributed by atoms with van der Waals surface area (Å²) in [4.78, 5) is 18.0. The Morgan fingerprint density at radius 3 is 2.58 bits per heavy atom. The average molecular weight is 405 g/mol. The molecule has 0 saturated heterocycles. The summed E-state index contributed by atoms with van der Waals surface area (Å²) in [5, 5.41) is 9.21. The smallest absolute Gasteiger partial charge is 0.195 e. The van der Waals surface area contributed by atoms with Crippen LogP contribution in [0.4, 0.5) is 0 Å². The molecule has 0 spiro atoms. The van der Waals surface area contributed by atoms with E-state index < -0.39 is 0 Å². The summed E-state index contributed by atoms with van der Waals surface area (Å²) in [6.45, 7) is 3.47. The van der Waals surface area contributed by atoms with Crippen LogP contribution in [-0.2, 0) is 13.1 Å². The zero-order chi connectivity index (χ0) is 21.2. The molecule has 0 aliphatic rings. The van der Waals surface area contributed by atoms with E-state index in [-0.39, 0.29) is 0 Å². The van der Waals surface area contributed by atoms with Crippen LogP contribution in [0.2, 0.25) is 0 Å². The first-order valence-electron chi connectivity index (χ1n) is 10.0. The molecular weight excluding hydrogens is 386 g/mol. The second kappa shape index (κ2) is 7.84. The second-order valence-electron chi connectivity index (χ2n) is 7.12. The number of hydrogen-bond acceptors (Lipinski definition) is 5.